The highest BCUT2D eigenvalue weighted by Crippen LogP contribution is 2.30. The first kappa shape index (κ1) is 15.5. The van der Waals surface area contributed by atoms with Crippen LogP contribution in [0.1, 0.15) is 22.8 Å². The van der Waals surface area contributed by atoms with Crippen LogP contribution in [-0.4, -0.2) is 27.7 Å². The number of hydrogen-bond acceptors (Lipinski definition) is 5. The van der Waals surface area contributed by atoms with Crippen LogP contribution in [0.3, 0.4) is 0 Å². The van der Waals surface area contributed by atoms with E-state index in [0.29, 0.717) is 17.2 Å². The number of fused-ring (bicyclic) bond motifs is 2. The van der Waals surface area contributed by atoms with E-state index < -0.39 is 11.5 Å². The molecular formula is C17H14N4O3S. The van der Waals surface area contributed by atoms with Crippen molar-refractivity contribution in [1.29, 1.82) is 0 Å². The monoisotopic (exact) mass is 354 g/mol. The van der Waals surface area contributed by atoms with Crippen LogP contribution in [0, 0.1) is 0 Å². The van der Waals surface area contributed by atoms with Gasteiger partial charge in [-0.15, -0.1) is 11.3 Å². The molecule has 25 heavy (non-hydrogen) atoms. The molecule has 1 aliphatic rings. The molecule has 0 spiro atoms. The van der Waals surface area contributed by atoms with Crippen LogP contribution in [0.2, 0.25) is 0 Å². The summed E-state index contributed by atoms with van der Waals surface area (Å²) in [4.78, 5) is 42.8. The van der Waals surface area contributed by atoms with Crippen LogP contribution < -0.4 is 15.8 Å². The fourth-order valence-electron chi connectivity index (χ4n) is 2.99. The van der Waals surface area contributed by atoms with Gasteiger partial charge in [-0.3, -0.25) is 18.8 Å². The number of hydrogen-bond donors (Lipinski definition) is 1. The maximum atomic E-state index is 12.4. The maximum absolute atomic E-state index is 12.4. The Hall–Kier alpha value is -3.00. The molecule has 3 aromatic rings. The number of anilines is 2. The lowest BCUT2D eigenvalue weighted by Gasteiger charge is -2.15. The first-order valence-electron chi connectivity index (χ1n) is 7.72. The van der Waals surface area contributed by atoms with Gasteiger partial charge in [0.2, 0.25) is 5.91 Å². The number of carbonyl (C=O) groups excluding carboxylic acids is 2. The molecule has 0 atom stereocenters. The lowest BCUT2D eigenvalue weighted by Crippen LogP contribution is -2.26. The van der Waals surface area contributed by atoms with Crippen molar-refractivity contribution >= 4 is 39.5 Å². The number of rotatable bonds is 2. The smallest absolute Gasteiger partial charge is 0.271 e. The number of carbonyl (C=O) groups is 2. The van der Waals surface area contributed by atoms with Gasteiger partial charge in [-0.25, -0.2) is 4.98 Å². The molecule has 0 saturated heterocycles. The minimum atomic E-state index is -0.500. The second-order valence-electron chi connectivity index (χ2n) is 5.75. The van der Waals surface area contributed by atoms with E-state index in [2.05, 4.69) is 10.3 Å². The van der Waals surface area contributed by atoms with Gasteiger partial charge in [0, 0.05) is 42.6 Å². The Kier molecular flexibility index (Phi) is 3.61. The van der Waals surface area contributed by atoms with Gasteiger partial charge in [-0.2, -0.15) is 0 Å². The van der Waals surface area contributed by atoms with E-state index >= 15 is 0 Å². The third-order valence-corrected chi connectivity index (χ3v) is 4.97. The first-order valence-corrected chi connectivity index (χ1v) is 8.60. The lowest BCUT2D eigenvalue weighted by atomic mass is 10.1. The summed E-state index contributed by atoms with van der Waals surface area (Å²) in [6.07, 6.45) is 3.63. The molecule has 1 aliphatic heterocycles. The van der Waals surface area contributed by atoms with Crippen molar-refractivity contribution in [1.82, 2.24) is 9.38 Å². The Balaban J connectivity index is 1.62. The van der Waals surface area contributed by atoms with E-state index in [1.54, 1.807) is 22.5 Å². The van der Waals surface area contributed by atoms with Gasteiger partial charge in [-0.1, -0.05) is 0 Å². The summed E-state index contributed by atoms with van der Waals surface area (Å²) in [6, 6.07) is 5.38. The van der Waals surface area contributed by atoms with Crippen molar-refractivity contribution in [3.05, 3.63) is 57.5 Å². The molecule has 0 unspecified atom stereocenters. The molecule has 0 saturated carbocycles. The number of benzene rings is 1. The number of amides is 2. The van der Waals surface area contributed by atoms with Gasteiger partial charge < -0.3 is 10.2 Å². The quantitative estimate of drug-likeness (QED) is 0.762. The average molecular weight is 354 g/mol. The zero-order chi connectivity index (χ0) is 17.6. The molecule has 2 aromatic heterocycles. The summed E-state index contributed by atoms with van der Waals surface area (Å²) >= 11 is 1.33. The highest BCUT2D eigenvalue weighted by molar-refractivity contribution is 7.15. The summed E-state index contributed by atoms with van der Waals surface area (Å²) < 4.78 is 1.35. The standard InChI is InChI=1S/C17H14N4O3S/c1-10(22)20-5-4-11-8-12(2-3-14(11)20)19-15(23)13-9-18-17-21(16(13)24)6-7-25-17/h2-3,6-9H,4-5H2,1H3,(H,19,23). The summed E-state index contributed by atoms with van der Waals surface area (Å²) in [5, 5.41) is 4.48. The first-order chi connectivity index (χ1) is 12.0. The van der Waals surface area contributed by atoms with Gasteiger partial charge in [0.15, 0.2) is 4.96 Å². The molecule has 0 aliphatic carbocycles. The highest BCUT2D eigenvalue weighted by atomic mass is 32.1. The summed E-state index contributed by atoms with van der Waals surface area (Å²) in [7, 11) is 0. The predicted molar refractivity (Wildman–Crippen MR) is 95.5 cm³/mol. The maximum Gasteiger partial charge on any atom is 0.271 e. The van der Waals surface area contributed by atoms with E-state index in [9.17, 15) is 14.4 Å². The number of nitrogens with zero attached hydrogens (tertiary/aromatic N) is 3. The zero-order valence-corrected chi connectivity index (χ0v) is 14.2. The molecule has 1 N–H and O–H groups in total. The predicted octanol–water partition coefficient (Wildman–Crippen LogP) is 1.92. The van der Waals surface area contributed by atoms with Crippen molar-refractivity contribution in [3.8, 4) is 0 Å². The molecule has 126 valence electrons. The Bertz CT molecular complexity index is 1070. The summed E-state index contributed by atoms with van der Waals surface area (Å²) in [5.74, 6) is -0.502. The fraction of sp³-hybridized carbons (Fsp3) is 0.176. The molecule has 8 heteroatoms. The molecule has 2 amide bonds. The van der Waals surface area contributed by atoms with Gasteiger partial charge in [0.25, 0.3) is 11.5 Å². The van der Waals surface area contributed by atoms with Crippen LogP contribution in [0.25, 0.3) is 4.96 Å². The van der Waals surface area contributed by atoms with E-state index in [-0.39, 0.29) is 11.5 Å². The molecule has 1 aromatic carbocycles. The molecule has 0 radical (unpaired) electrons. The normalized spacial score (nSPS) is 13.1. The van der Waals surface area contributed by atoms with E-state index in [0.717, 1.165) is 17.7 Å². The SMILES string of the molecule is CC(=O)N1CCc2cc(NC(=O)c3cnc4sccn4c3=O)ccc21. The van der Waals surface area contributed by atoms with Crippen LogP contribution in [0.15, 0.2) is 40.8 Å². The molecule has 3 heterocycles. The Morgan fingerprint density at radius 1 is 1.32 bits per heavy atom. The minimum absolute atomic E-state index is 0.00121. The third kappa shape index (κ3) is 2.60. The molecular weight excluding hydrogens is 340 g/mol. The largest absolute Gasteiger partial charge is 0.322 e. The fourth-order valence-corrected chi connectivity index (χ4v) is 3.66. The van der Waals surface area contributed by atoms with Gasteiger partial charge in [0.05, 0.1) is 0 Å². The van der Waals surface area contributed by atoms with E-state index in [1.807, 2.05) is 12.1 Å². The van der Waals surface area contributed by atoms with Crippen molar-refractivity contribution < 1.29 is 9.59 Å². The summed E-state index contributed by atoms with van der Waals surface area (Å²) in [5.41, 5.74) is 2.04. The topological polar surface area (TPSA) is 83.8 Å². The van der Waals surface area contributed by atoms with Gasteiger partial charge >= 0.3 is 0 Å². The van der Waals surface area contributed by atoms with Crippen molar-refractivity contribution in [2.24, 2.45) is 0 Å². The average Bonchev–Trinajstić information content (AvgIpc) is 3.21. The zero-order valence-electron chi connectivity index (χ0n) is 13.4. The van der Waals surface area contributed by atoms with Crippen LogP contribution in [0.5, 0.6) is 0 Å². The number of aromatic nitrogens is 2. The van der Waals surface area contributed by atoms with E-state index in [1.165, 1.54) is 28.9 Å². The molecule has 7 nitrogen and oxygen atoms in total. The van der Waals surface area contributed by atoms with Crippen LogP contribution in [-0.2, 0) is 11.2 Å². The lowest BCUT2D eigenvalue weighted by molar-refractivity contribution is -0.116. The Morgan fingerprint density at radius 3 is 2.96 bits per heavy atom. The molecule has 4 rings (SSSR count). The molecule has 0 fully saturated rings. The number of nitrogens with one attached hydrogen (secondary N) is 1. The van der Waals surface area contributed by atoms with Crippen molar-refractivity contribution in [2.45, 2.75) is 13.3 Å². The molecule has 0 bridgehead atoms. The second kappa shape index (κ2) is 5.82. The Morgan fingerprint density at radius 2 is 2.16 bits per heavy atom. The second-order valence-corrected chi connectivity index (χ2v) is 6.62. The Labute approximate surface area is 146 Å². The number of thiazole rings is 1. The van der Waals surface area contributed by atoms with Crippen LogP contribution >= 0.6 is 11.3 Å². The third-order valence-electron chi connectivity index (χ3n) is 4.20. The van der Waals surface area contributed by atoms with Gasteiger partial charge in [-0.05, 0) is 30.2 Å². The minimum Gasteiger partial charge on any atom is -0.322 e. The van der Waals surface area contributed by atoms with Crippen molar-refractivity contribution in [3.63, 3.8) is 0 Å². The highest BCUT2D eigenvalue weighted by Gasteiger charge is 2.22. The van der Waals surface area contributed by atoms with Crippen molar-refractivity contribution in [2.75, 3.05) is 16.8 Å². The van der Waals surface area contributed by atoms with Gasteiger partial charge in [0.1, 0.15) is 5.56 Å². The summed E-state index contributed by atoms with van der Waals surface area (Å²) in [6.45, 7) is 2.17. The van der Waals surface area contributed by atoms with Crippen LogP contribution in [0.4, 0.5) is 11.4 Å². The van der Waals surface area contributed by atoms with E-state index in [4.69, 9.17) is 0 Å².